The van der Waals surface area contributed by atoms with Gasteiger partial charge in [0.25, 0.3) is 0 Å². The zero-order valence-corrected chi connectivity index (χ0v) is 6.04. The van der Waals surface area contributed by atoms with Crippen LogP contribution in [0, 0.1) is 12.0 Å². The van der Waals surface area contributed by atoms with E-state index in [4.69, 9.17) is 5.11 Å². The van der Waals surface area contributed by atoms with Crippen LogP contribution in [0.15, 0.2) is 0 Å². The van der Waals surface area contributed by atoms with E-state index in [9.17, 15) is 8.78 Å². The zero-order chi connectivity index (χ0) is 8.97. The van der Waals surface area contributed by atoms with Crippen LogP contribution < -0.4 is 0 Å². The minimum Gasteiger partial charge on any atom is -0.378 e. The maximum absolute atomic E-state index is 12.0. The molecule has 0 aromatic carbocycles. The number of hydrogen-bond acceptors (Lipinski definition) is 4. The molecule has 1 aromatic rings. The molecule has 0 unspecified atom stereocenters. The number of nitrogens with zero attached hydrogens (tertiary/aromatic N) is 3. The Bertz CT molecular complexity index is 213. The van der Waals surface area contributed by atoms with E-state index in [-0.39, 0.29) is 5.82 Å². The highest BCUT2D eigenvalue weighted by molar-refractivity contribution is 5.06. The van der Waals surface area contributed by atoms with E-state index in [1.165, 1.54) is 0 Å². The molecule has 7 heteroatoms. The lowest BCUT2D eigenvalue weighted by atomic mass is 10.1. The van der Waals surface area contributed by atoms with E-state index in [0.717, 1.165) is 0 Å². The Labute approximate surface area is 66.8 Å². The molecule has 0 fully saturated rings. The molecule has 0 aliphatic heterocycles. The van der Waals surface area contributed by atoms with E-state index in [0.29, 0.717) is 0 Å². The first kappa shape index (κ1) is 8.98. The van der Waals surface area contributed by atoms with E-state index in [1.807, 2.05) is 0 Å². The van der Waals surface area contributed by atoms with E-state index in [2.05, 4.69) is 20.6 Å². The summed E-state index contributed by atoms with van der Waals surface area (Å²) in [5, 5.41) is 21.0. The number of H-pyrrole nitrogens is 1. The van der Waals surface area contributed by atoms with Gasteiger partial charge < -0.3 is 5.11 Å². The van der Waals surface area contributed by atoms with Crippen LogP contribution in [0.3, 0.4) is 0 Å². The van der Waals surface area contributed by atoms with Crippen LogP contribution >= 0.6 is 0 Å². The molecule has 0 saturated heterocycles. The van der Waals surface area contributed by atoms with Crippen molar-refractivity contribution in [3.05, 3.63) is 11.9 Å². The van der Waals surface area contributed by atoms with Gasteiger partial charge in [-0.25, -0.2) is 0 Å². The monoisotopic (exact) mass is 177 g/mol. The highest BCUT2D eigenvalue weighted by Gasteiger charge is 2.25. The standard InChI is InChI=1S/C5H7F2N4O/c6-1-3(2-7)4(12)5-8-10-11-9-5/h3,12H,1-2H2,(H,8,9,10,11). The third-order valence-electron chi connectivity index (χ3n) is 1.33. The van der Waals surface area contributed by atoms with Gasteiger partial charge in [0.05, 0.1) is 19.3 Å². The molecule has 0 spiro atoms. The van der Waals surface area contributed by atoms with E-state index in [1.54, 1.807) is 0 Å². The van der Waals surface area contributed by atoms with Crippen molar-refractivity contribution in [2.24, 2.45) is 5.92 Å². The molecule has 1 radical (unpaired) electrons. The summed E-state index contributed by atoms with van der Waals surface area (Å²) in [4.78, 5) is 0. The molecule has 1 heterocycles. The largest absolute Gasteiger partial charge is 0.378 e. The Morgan fingerprint density at radius 1 is 1.50 bits per heavy atom. The molecule has 1 rings (SSSR count). The molecular formula is C5H7F2N4O. The van der Waals surface area contributed by atoms with Crippen molar-refractivity contribution in [2.75, 3.05) is 13.3 Å². The molecule has 2 N–H and O–H groups in total. The third kappa shape index (κ3) is 1.73. The fraction of sp³-hybridized carbons (Fsp3) is 0.600. The van der Waals surface area contributed by atoms with Gasteiger partial charge in [0, 0.05) is 0 Å². The number of aromatic amines is 1. The molecule has 0 bridgehead atoms. The van der Waals surface area contributed by atoms with Gasteiger partial charge in [0.1, 0.15) is 0 Å². The molecule has 0 saturated carbocycles. The minimum atomic E-state index is -1.19. The van der Waals surface area contributed by atoms with Crippen LogP contribution in [-0.4, -0.2) is 39.1 Å². The number of nitrogens with one attached hydrogen (secondary N) is 1. The number of tetrazole rings is 1. The lowest BCUT2D eigenvalue weighted by Crippen LogP contribution is -2.18. The lowest BCUT2D eigenvalue weighted by molar-refractivity contribution is 0.185. The van der Waals surface area contributed by atoms with Gasteiger partial charge in [0.2, 0.25) is 5.82 Å². The maximum atomic E-state index is 12.0. The Hall–Kier alpha value is -1.11. The molecule has 0 aliphatic carbocycles. The van der Waals surface area contributed by atoms with Crippen LogP contribution in [0.1, 0.15) is 5.82 Å². The predicted molar refractivity (Wildman–Crippen MR) is 33.9 cm³/mol. The van der Waals surface area contributed by atoms with Gasteiger partial charge in [-0.05, 0) is 0 Å². The summed E-state index contributed by atoms with van der Waals surface area (Å²) < 4.78 is 24.0. The van der Waals surface area contributed by atoms with E-state index < -0.39 is 25.4 Å². The van der Waals surface area contributed by atoms with Crippen molar-refractivity contribution in [1.82, 2.24) is 20.6 Å². The highest BCUT2D eigenvalue weighted by Crippen LogP contribution is 2.17. The number of alkyl halides is 2. The molecule has 0 amide bonds. The van der Waals surface area contributed by atoms with Crippen molar-refractivity contribution in [2.45, 2.75) is 0 Å². The first-order chi connectivity index (χ1) is 5.79. The Balaban J connectivity index is 2.63. The Morgan fingerprint density at radius 3 is 2.58 bits per heavy atom. The Kier molecular flexibility index (Phi) is 3.03. The quantitative estimate of drug-likeness (QED) is 0.679. The second-order valence-electron chi connectivity index (χ2n) is 2.13. The Morgan fingerprint density at radius 2 is 2.17 bits per heavy atom. The topological polar surface area (TPSA) is 74.7 Å². The summed E-state index contributed by atoms with van der Waals surface area (Å²) in [6.45, 7) is -1.98. The third-order valence-corrected chi connectivity index (χ3v) is 1.33. The molecule has 0 atom stereocenters. The lowest BCUT2D eigenvalue weighted by Gasteiger charge is -2.10. The van der Waals surface area contributed by atoms with Gasteiger partial charge in [-0.3, -0.25) is 8.78 Å². The fourth-order valence-electron chi connectivity index (χ4n) is 0.640. The molecule has 5 nitrogen and oxygen atoms in total. The number of hydrogen-bond donors (Lipinski definition) is 2. The van der Waals surface area contributed by atoms with Crippen molar-refractivity contribution < 1.29 is 13.9 Å². The SMILES string of the molecule is O[C](c1nn[nH]n1)C(CF)CF. The summed E-state index contributed by atoms with van der Waals surface area (Å²) in [5.74, 6) is -1.36. The number of rotatable bonds is 4. The van der Waals surface area contributed by atoms with Crippen molar-refractivity contribution in [1.29, 1.82) is 0 Å². The first-order valence-electron chi connectivity index (χ1n) is 3.21. The summed E-state index contributed by atoms with van der Waals surface area (Å²) in [6, 6.07) is 0. The van der Waals surface area contributed by atoms with Crippen LogP contribution in [0.2, 0.25) is 0 Å². The van der Waals surface area contributed by atoms with Crippen LogP contribution in [-0.2, 0) is 0 Å². The molecular weight excluding hydrogens is 170 g/mol. The van der Waals surface area contributed by atoms with Gasteiger partial charge in [-0.15, -0.1) is 10.2 Å². The smallest absolute Gasteiger partial charge is 0.209 e. The minimum absolute atomic E-state index is 0.171. The summed E-state index contributed by atoms with van der Waals surface area (Å²) >= 11 is 0. The van der Waals surface area contributed by atoms with Crippen LogP contribution in [0.5, 0.6) is 0 Å². The van der Waals surface area contributed by atoms with Crippen LogP contribution in [0.25, 0.3) is 0 Å². The number of aromatic nitrogens is 4. The van der Waals surface area contributed by atoms with Crippen molar-refractivity contribution in [3.8, 4) is 0 Å². The van der Waals surface area contributed by atoms with Gasteiger partial charge in [0.15, 0.2) is 6.10 Å². The van der Waals surface area contributed by atoms with E-state index >= 15 is 0 Å². The van der Waals surface area contributed by atoms with Crippen molar-refractivity contribution >= 4 is 0 Å². The highest BCUT2D eigenvalue weighted by atomic mass is 19.1. The van der Waals surface area contributed by atoms with Gasteiger partial charge in [-0.1, -0.05) is 5.21 Å². The molecule has 67 valence electrons. The fourth-order valence-corrected chi connectivity index (χ4v) is 0.640. The van der Waals surface area contributed by atoms with Crippen molar-refractivity contribution in [3.63, 3.8) is 0 Å². The average Bonchev–Trinajstić information content (AvgIpc) is 2.58. The number of aliphatic hydroxyl groups is 1. The predicted octanol–water partition coefficient (Wildman–Crippen LogP) is 0.00749. The van der Waals surface area contributed by atoms with Crippen LogP contribution in [0.4, 0.5) is 8.78 Å². The number of aliphatic hydroxyl groups excluding tert-OH is 1. The zero-order valence-electron chi connectivity index (χ0n) is 6.04. The maximum Gasteiger partial charge on any atom is 0.209 e. The molecule has 0 aliphatic rings. The van der Waals surface area contributed by atoms with Gasteiger partial charge >= 0.3 is 0 Å². The summed E-state index contributed by atoms with van der Waals surface area (Å²) in [5.41, 5.74) is 0. The first-order valence-corrected chi connectivity index (χ1v) is 3.21. The molecule has 1 aromatic heterocycles. The number of halogens is 2. The second-order valence-corrected chi connectivity index (χ2v) is 2.13. The second kappa shape index (κ2) is 4.05. The summed E-state index contributed by atoms with van der Waals surface area (Å²) in [6.07, 6.45) is -0.520. The summed E-state index contributed by atoms with van der Waals surface area (Å²) in [7, 11) is 0. The van der Waals surface area contributed by atoms with Gasteiger partial charge in [-0.2, -0.15) is 5.21 Å². The normalized spacial score (nSPS) is 11.4. The molecule has 12 heavy (non-hydrogen) atoms. The average molecular weight is 177 g/mol.